The molecule has 0 amide bonds. The lowest BCUT2D eigenvalue weighted by Gasteiger charge is -2.08. The number of thiocarbonyl (C=S) groups is 1. The molecule has 0 bridgehead atoms. The van der Waals surface area contributed by atoms with E-state index in [1.54, 1.807) is 13.3 Å². The number of hydrogen-bond acceptors (Lipinski definition) is 3. The number of methoxy groups -OCH3 is 1. The smallest absolute Gasteiger partial charge is 0.186 e. The van der Waals surface area contributed by atoms with Crippen LogP contribution in [-0.4, -0.2) is 25.0 Å². The third kappa shape index (κ3) is 5.63. The highest BCUT2D eigenvalue weighted by Crippen LogP contribution is 2.09. The van der Waals surface area contributed by atoms with Gasteiger partial charge in [0, 0.05) is 6.54 Å². The third-order valence-corrected chi connectivity index (χ3v) is 2.40. The summed E-state index contributed by atoms with van der Waals surface area (Å²) in [4.78, 5) is 0. The molecule has 0 radical (unpaired) electrons. The molecule has 0 aliphatic heterocycles. The summed E-state index contributed by atoms with van der Waals surface area (Å²) >= 11 is 5.07. The van der Waals surface area contributed by atoms with E-state index < -0.39 is 0 Å². The predicted molar refractivity (Wildman–Crippen MR) is 79.2 cm³/mol. The van der Waals surface area contributed by atoms with Gasteiger partial charge in [-0.2, -0.15) is 5.10 Å². The van der Waals surface area contributed by atoms with Crippen molar-refractivity contribution in [2.24, 2.45) is 11.0 Å². The van der Waals surface area contributed by atoms with Crippen LogP contribution in [0.3, 0.4) is 0 Å². The van der Waals surface area contributed by atoms with Gasteiger partial charge < -0.3 is 10.1 Å². The van der Waals surface area contributed by atoms with Crippen LogP contribution in [0, 0.1) is 5.92 Å². The van der Waals surface area contributed by atoms with Crippen molar-refractivity contribution in [2.45, 2.75) is 13.8 Å². The zero-order chi connectivity index (χ0) is 13.4. The van der Waals surface area contributed by atoms with E-state index in [0.717, 1.165) is 17.9 Å². The summed E-state index contributed by atoms with van der Waals surface area (Å²) in [7, 11) is 1.64. The standard InChI is InChI=1S/C13H19N3OS/c1-10(2)8-14-13(18)16-15-9-11-4-6-12(17-3)7-5-11/h4-7,9-10H,8H2,1-3H3,(H2,14,16,18). The molecule has 0 fully saturated rings. The molecule has 0 unspecified atom stereocenters. The lowest BCUT2D eigenvalue weighted by atomic mass is 10.2. The fourth-order valence-corrected chi connectivity index (χ4v) is 1.33. The molecule has 1 rings (SSSR count). The zero-order valence-corrected chi connectivity index (χ0v) is 11.8. The van der Waals surface area contributed by atoms with E-state index in [-0.39, 0.29) is 0 Å². The Bertz CT molecular complexity index is 401. The van der Waals surface area contributed by atoms with Gasteiger partial charge in [0.05, 0.1) is 13.3 Å². The van der Waals surface area contributed by atoms with Crippen molar-refractivity contribution in [1.29, 1.82) is 0 Å². The minimum atomic E-state index is 0.536. The van der Waals surface area contributed by atoms with Gasteiger partial charge in [-0.1, -0.05) is 13.8 Å². The first-order valence-electron chi connectivity index (χ1n) is 5.82. The van der Waals surface area contributed by atoms with Crippen LogP contribution in [0.15, 0.2) is 29.4 Å². The number of ether oxygens (including phenoxy) is 1. The molecule has 2 N–H and O–H groups in total. The van der Waals surface area contributed by atoms with E-state index in [1.165, 1.54) is 0 Å². The van der Waals surface area contributed by atoms with E-state index >= 15 is 0 Å². The number of nitrogens with one attached hydrogen (secondary N) is 2. The van der Waals surface area contributed by atoms with Crippen molar-refractivity contribution in [3.05, 3.63) is 29.8 Å². The van der Waals surface area contributed by atoms with Gasteiger partial charge in [0.1, 0.15) is 5.75 Å². The topological polar surface area (TPSA) is 45.6 Å². The van der Waals surface area contributed by atoms with E-state index in [2.05, 4.69) is 29.7 Å². The summed E-state index contributed by atoms with van der Waals surface area (Å²) in [5.41, 5.74) is 3.76. The summed E-state index contributed by atoms with van der Waals surface area (Å²) in [5, 5.41) is 7.66. The van der Waals surface area contributed by atoms with Crippen molar-refractivity contribution in [2.75, 3.05) is 13.7 Å². The third-order valence-electron chi connectivity index (χ3n) is 2.17. The highest BCUT2D eigenvalue weighted by Gasteiger charge is 1.95. The molecular formula is C13H19N3OS. The van der Waals surface area contributed by atoms with E-state index in [0.29, 0.717) is 11.0 Å². The minimum absolute atomic E-state index is 0.536. The summed E-state index contributed by atoms with van der Waals surface area (Å²) in [6.45, 7) is 5.08. The molecule has 1 aromatic rings. The van der Waals surface area contributed by atoms with E-state index in [4.69, 9.17) is 17.0 Å². The Hall–Kier alpha value is -1.62. The Morgan fingerprint density at radius 2 is 2.06 bits per heavy atom. The highest BCUT2D eigenvalue weighted by molar-refractivity contribution is 7.80. The molecular weight excluding hydrogens is 246 g/mol. The number of hydrogen-bond donors (Lipinski definition) is 2. The fourth-order valence-electron chi connectivity index (χ4n) is 1.19. The second kappa shape index (κ2) is 7.66. The monoisotopic (exact) mass is 265 g/mol. The normalized spacial score (nSPS) is 10.7. The molecule has 5 heteroatoms. The van der Waals surface area contributed by atoms with Crippen LogP contribution in [0.4, 0.5) is 0 Å². The molecule has 0 spiro atoms. The summed E-state index contributed by atoms with van der Waals surface area (Å²) < 4.78 is 5.08. The summed E-state index contributed by atoms with van der Waals surface area (Å²) in [5.74, 6) is 1.38. The molecule has 0 saturated heterocycles. The maximum atomic E-state index is 5.08. The highest BCUT2D eigenvalue weighted by atomic mass is 32.1. The van der Waals surface area contributed by atoms with Gasteiger partial charge >= 0.3 is 0 Å². The van der Waals surface area contributed by atoms with Gasteiger partial charge in [-0.25, -0.2) is 0 Å². The maximum absolute atomic E-state index is 5.08. The van der Waals surface area contributed by atoms with Crippen LogP contribution in [0.1, 0.15) is 19.4 Å². The van der Waals surface area contributed by atoms with E-state index in [1.807, 2.05) is 24.3 Å². The van der Waals surface area contributed by atoms with Gasteiger partial charge in [-0.05, 0) is 48.0 Å². The molecule has 98 valence electrons. The van der Waals surface area contributed by atoms with Crippen LogP contribution >= 0.6 is 12.2 Å². The first kappa shape index (κ1) is 14.4. The van der Waals surface area contributed by atoms with Crippen molar-refractivity contribution in [3.8, 4) is 5.75 Å². The van der Waals surface area contributed by atoms with Gasteiger partial charge in [0.25, 0.3) is 0 Å². The Balaban J connectivity index is 2.37. The quantitative estimate of drug-likeness (QED) is 0.486. The molecule has 4 nitrogen and oxygen atoms in total. The molecule has 0 aromatic heterocycles. The average molecular weight is 265 g/mol. The SMILES string of the molecule is COc1ccc(C=NNC(=S)NCC(C)C)cc1. The number of rotatable bonds is 5. The van der Waals surface area contributed by atoms with Crippen LogP contribution in [0.2, 0.25) is 0 Å². The first-order valence-corrected chi connectivity index (χ1v) is 6.23. The molecule has 1 aromatic carbocycles. The number of hydrazone groups is 1. The molecule has 0 heterocycles. The van der Waals surface area contributed by atoms with Crippen molar-refractivity contribution in [3.63, 3.8) is 0 Å². The molecule has 0 saturated carbocycles. The lowest BCUT2D eigenvalue weighted by Crippen LogP contribution is -2.34. The van der Waals surface area contributed by atoms with Gasteiger partial charge in [0.2, 0.25) is 0 Å². The van der Waals surface area contributed by atoms with Crippen LogP contribution < -0.4 is 15.5 Å². The van der Waals surface area contributed by atoms with Gasteiger partial charge in [-0.15, -0.1) is 0 Å². The second-order valence-electron chi connectivity index (χ2n) is 4.25. The molecule has 18 heavy (non-hydrogen) atoms. The minimum Gasteiger partial charge on any atom is -0.497 e. The second-order valence-corrected chi connectivity index (χ2v) is 4.66. The van der Waals surface area contributed by atoms with Gasteiger partial charge in [0.15, 0.2) is 5.11 Å². The Morgan fingerprint density at radius 3 is 2.61 bits per heavy atom. The molecule has 0 aliphatic carbocycles. The largest absolute Gasteiger partial charge is 0.497 e. The lowest BCUT2D eigenvalue weighted by molar-refractivity contribution is 0.415. The summed E-state index contributed by atoms with van der Waals surface area (Å²) in [6.07, 6.45) is 1.71. The first-order chi connectivity index (χ1) is 8.61. The Morgan fingerprint density at radius 1 is 1.39 bits per heavy atom. The van der Waals surface area contributed by atoms with Crippen molar-refractivity contribution in [1.82, 2.24) is 10.7 Å². The Labute approximate surface area is 113 Å². The number of benzene rings is 1. The van der Waals surface area contributed by atoms with Gasteiger partial charge in [-0.3, -0.25) is 5.43 Å². The fraction of sp³-hybridized carbons (Fsp3) is 0.385. The van der Waals surface area contributed by atoms with E-state index in [9.17, 15) is 0 Å². The number of nitrogens with zero attached hydrogens (tertiary/aromatic N) is 1. The zero-order valence-electron chi connectivity index (χ0n) is 10.9. The Kier molecular flexibility index (Phi) is 6.14. The van der Waals surface area contributed by atoms with Crippen LogP contribution in [0.25, 0.3) is 0 Å². The molecule has 0 atom stereocenters. The van der Waals surface area contributed by atoms with Crippen LogP contribution in [-0.2, 0) is 0 Å². The molecule has 0 aliphatic rings. The predicted octanol–water partition coefficient (Wildman–Crippen LogP) is 2.15. The maximum Gasteiger partial charge on any atom is 0.186 e. The van der Waals surface area contributed by atoms with Crippen LogP contribution in [0.5, 0.6) is 5.75 Å². The average Bonchev–Trinajstić information content (AvgIpc) is 2.37. The van der Waals surface area contributed by atoms with Crippen molar-refractivity contribution < 1.29 is 4.74 Å². The van der Waals surface area contributed by atoms with Crippen molar-refractivity contribution >= 4 is 23.5 Å². The summed E-state index contributed by atoms with van der Waals surface area (Å²) in [6, 6.07) is 7.62.